The number of benzene rings is 2. The van der Waals surface area contributed by atoms with E-state index in [9.17, 15) is 18.4 Å². The zero-order valence-electron chi connectivity index (χ0n) is 16.0. The summed E-state index contributed by atoms with van der Waals surface area (Å²) in [5, 5.41) is 4.68. The van der Waals surface area contributed by atoms with Crippen molar-refractivity contribution in [3.63, 3.8) is 0 Å². The molecular weight excluding hydrogens is 408 g/mol. The normalized spacial score (nSPS) is 14.1. The molecule has 2 aromatic carbocycles. The molecular formula is C22H19F2N3O2S. The number of anilines is 2. The van der Waals surface area contributed by atoms with Crippen LogP contribution in [0.15, 0.2) is 60.0 Å². The van der Waals surface area contributed by atoms with E-state index in [1.807, 2.05) is 11.4 Å². The Labute approximate surface area is 176 Å². The van der Waals surface area contributed by atoms with Crippen molar-refractivity contribution in [1.29, 1.82) is 0 Å². The van der Waals surface area contributed by atoms with E-state index in [2.05, 4.69) is 5.32 Å². The number of rotatable bonds is 5. The Morgan fingerprint density at radius 3 is 2.67 bits per heavy atom. The lowest BCUT2D eigenvalue weighted by molar-refractivity contribution is 0.103. The van der Waals surface area contributed by atoms with E-state index in [-0.39, 0.29) is 18.5 Å². The van der Waals surface area contributed by atoms with E-state index in [0.29, 0.717) is 34.9 Å². The molecule has 3 amide bonds. The Morgan fingerprint density at radius 1 is 1.03 bits per heavy atom. The molecule has 0 saturated carbocycles. The molecule has 1 aromatic heterocycles. The second kappa shape index (κ2) is 8.62. The van der Waals surface area contributed by atoms with Crippen LogP contribution < -0.4 is 10.2 Å². The summed E-state index contributed by atoms with van der Waals surface area (Å²) in [7, 11) is 0. The van der Waals surface area contributed by atoms with E-state index in [1.54, 1.807) is 40.1 Å². The highest BCUT2D eigenvalue weighted by atomic mass is 32.1. The Morgan fingerprint density at radius 2 is 1.90 bits per heavy atom. The van der Waals surface area contributed by atoms with Crippen molar-refractivity contribution >= 4 is 34.6 Å². The summed E-state index contributed by atoms with van der Waals surface area (Å²) in [5.41, 5.74) is 1.79. The Balaban J connectivity index is 1.48. The minimum atomic E-state index is -0.928. The molecule has 2 heterocycles. The van der Waals surface area contributed by atoms with E-state index in [0.717, 1.165) is 18.6 Å². The van der Waals surface area contributed by atoms with Gasteiger partial charge in [0.1, 0.15) is 0 Å². The number of carbonyl (C=O) groups is 2. The summed E-state index contributed by atoms with van der Waals surface area (Å²) in [4.78, 5) is 29.1. The van der Waals surface area contributed by atoms with Gasteiger partial charge in [0.05, 0.1) is 4.88 Å². The molecule has 0 unspecified atom stereocenters. The Bertz CT molecular complexity index is 1070. The van der Waals surface area contributed by atoms with Crippen LogP contribution in [0.5, 0.6) is 0 Å². The SMILES string of the molecule is O=C(Nc1cccc(N2CCCN(Cc3ccc(F)c(F)c3)C2=O)c1)c1cccs1. The maximum Gasteiger partial charge on any atom is 0.324 e. The molecule has 0 aliphatic carbocycles. The molecule has 30 heavy (non-hydrogen) atoms. The summed E-state index contributed by atoms with van der Waals surface area (Å²) in [6.07, 6.45) is 0.737. The van der Waals surface area contributed by atoms with E-state index < -0.39 is 11.6 Å². The monoisotopic (exact) mass is 427 g/mol. The number of hydrogen-bond acceptors (Lipinski definition) is 3. The van der Waals surface area contributed by atoms with E-state index in [4.69, 9.17) is 0 Å². The number of nitrogens with zero attached hydrogens (tertiary/aromatic N) is 2. The molecule has 1 saturated heterocycles. The van der Waals surface area contributed by atoms with Crippen LogP contribution >= 0.6 is 11.3 Å². The van der Waals surface area contributed by atoms with Crippen LogP contribution in [0.4, 0.5) is 25.0 Å². The van der Waals surface area contributed by atoms with E-state index >= 15 is 0 Å². The van der Waals surface area contributed by atoms with Gasteiger partial charge in [0, 0.05) is 31.0 Å². The number of thiophene rings is 1. The van der Waals surface area contributed by atoms with Crippen molar-refractivity contribution in [2.75, 3.05) is 23.3 Å². The highest BCUT2D eigenvalue weighted by Gasteiger charge is 2.27. The standard InChI is InChI=1S/C22H19F2N3O2S/c23-18-8-7-15(12-19(18)24)14-26-9-3-10-27(22(26)29)17-5-1-4-16(13-17)25-21(28)20-6-2-11-30-20/h1-2,4-8,11-13H,3,9-10,14H2,(H,25,28). The fourth-order valence-electron chi connectivity index (χ4n) is 3.38. The van der Waals surface area contributed by atoms with Crippen molar-refractivity contribution in [2.24, 2.45) is 0 Å². The zero-order valence-corrected chi connectivity index (χ0v) is 16.8. The summed E-state index contributed by atoms with van der Waals surface area (Å²) in [6.45, 7) is 1.26. The Hall–Kier alpha value is -3.26. The first-order valence-electron chi connectivity index (χ1n) is 9.46. The first-order valence-corrected chi connectivity index (χ1v) is 10.3. The third-order valence-electron chi connectivity index (χ3n) is 4.83. The van der Waals surface area contributed by atoms with Gasteiger partial charge >= 0.3 is 6.03 Å². The lowest BCUT2D eigenvalue weighted by Crippen LogP contribution is -2.49. The average Bonchev–Trinajstić information content (AvgIpc) is 3.28. The quantitative estimate of drug-likeness (QED) is 0.615. The minimum Gasteiger partial charge on any atom is -0.321 e. The fourth-order valence-corrected chi connectivity index (χ4v) is 4.00. The molecule has 0 atom stereocenters. The molecule has 154 valence electrons. The summed E-state index contributed by atoms with van der Waals surface area (Å²) in [6, 6.07) is 14.1. The number of hydrogen-bond donors (Lipinski definition) is 1. The second-order valence-corrected chi connectivity index (χ2v) is 7.89. The van der Waals surface area contributed by atoms with Crippen molar-refractivity contribution in [1.82, 2.24) is 4.90 Å². The molecule has 1 fully saturated rings. The van der Waals surface area contributed by atoms with Gasteiger partial charge in [-0.3, -0.25) is 9.69 Å². The highest BCUT2D eigenvalue weighted by Crippen LogP contribution is 2.25. The summed E-state index contributed by atoms with van der Waals surface area (Å²) in [5.74, 6) is -2.04. The maximum atomic E-state index is 13.5. The van der Waals surface area contributed by atoms with Gasteiger partial charge in [-0.05, 0) is 53.8 Å². The van der Waals surface area contributed by atoms with Crippen molar-refractivity contribution < 1.29 is 18.4 Å². The number of carbonyl (C=O) groups excluding carboxylic acids is 2. The smallest absolute Gasteiger partial charge is 0.321 e. The molecule has 0 spiro atoms. The predicted molar refractivity (Wildman–Crippen MR) is 113 cm³/mol. The number of amides is 3. The molecule has 1 aliphatic rings. The average molecular weight is 427 g/mol. The molecule has 8 heteroatoms. The first-order chi connectivity index (χ1) is 14.5. The molecule has 1 N–H and O–H groups in total. The minimum absolute atomic E-state index is 0.196. The van der Waals surface area contributed by atoms with Gasteiger partial charge in [0.15, 0.2) is 11.6 Å². The lowest BCUT2D eigenvalue weighted by atomic mass is 10.1. The van der Waals surface area contributed by atoms with Gasteiger partial charge in [-0.25, -0.2) is 13.6 Å². The fraction of sp³-hybridized carbons (Fsp3) is 0.182. The van der Waals surface area contributed by atoms with Crippen LogP contribution in [-0.2, 0) is 6.54 Å². The van der Waals surface area contributed by atoms with E-state index in [1.165, 1.54) is 17.4 Å². The van der Waals surface area contributed by atoms with Gasteiger partial charge < -0.3 is 10.2 Å². The van der Waals surface area contributed by atoms with Crippen LogP contribution in [0.1, 0.15) is 21.7 Å². The predicted octanol–water partition coefficient (Wildman–Crippen LogP) is 5.11. The van der Waals surface area contributed by atoms with Gasteiger partial charge in [0.25, 0.3) is 5.91 Å². The zero-order chi connectivity index (χ0) is 21.1. The Kier molecular flexibility index (Phi) is 5.76. The summed E-state index contributed by atoms with van der Waals surface area (Å²) < 4.78 is 26.7. The number of nitrogens with one attached hydrogen (secondary N) is 1. The second-order valence-electron chi connectivity index (χ2n) is 6.94. The number of halogens is 2. The van der Waals surface area contributed by atoms with Crippen LogP contribution in [0, 0.1) is 11.6 Å². The largest absolute Gasteiger partial charge is 0.324 e. The maximum absolute atomic E-state index is 13.5. The number of urea groups is 1. The molecule has 3 aromatic rings. The third kappa shape index (κ3) is 4.33. The molecule has 5 nitrogen and oxygen atoms in total. The molecule has 1 aliphatic heterocycles. The van der Waals surface area contributed by atoms with Gasteiger partial charge in [0.2, 0.25) is 0 Å². The van der Waals surface area contributed by atoms with Crippen LogP contribution in [-0.4, -0.2) is 29.9 Å². The molecule has 0 radical (unpaired) electrons. The highest BCUT2D eigenvalue weighted by molar-refractivity contribution is 7.12. The van der Waals surface area contributed by atoms with Crippen LogP contribution in [0.2, 0.25) is 0 Å². The first kappa shape index (κ1) is 20.0. The van der Waals surface area contributed by atoms with Gasteiger partial charge in [-0.1, -0.05) is 18.2 Å². The lowest BCUT2D eigenvalue weighted by Gasteiger charge is -2.36. The van der Waals surface area contributed by atoms with Crippen molar-refractivity contribution in [2.45, 2.75) is 13.0 Å². The summed E-state index contributed by atoms with van der Waals surface area (Å²) >= 11 is 1.35. The van der Waals surface area contributed by atoms with Crippen LogP contribution in [0.25, 0.3) is 0 Å². The molecule has 0 bridgehead atoms. The topological polar surface area (TPSA) is 52.7 Å². The van der Waals surface area contributed by atoms with Crippen molar-refractivity contribution in [3.05, 3.63) is 82.1 Å². The van der Waals surface area contributed by atoms with Crippen molar-refractivity contribution in [3.8, 4) is 0 Å². The van der Waals surface area contributed by atoms with Gasteiger partial charge in [-0.2, -0.15) is 0 Å². The molecule has 4 rings (SSSR count). The van der Waals surface area contributed by atoms with Crippen LogP contribution in [0.3, 0.4) is 0 Å². The van der Waals surface area contributed by atoms with Gasteiger partial charge in [-0.15, -0.1) is 11.3 Å². The third-order valence-corrected chi connectivity index (χ3v) is 5.70.